The molecule has 2 aromatic carbocycles. The molecule has 2 amide bonds. The van der Waals surface area contributed by atoms with Crippen LogP contribution < -0.4 is 0 Å². The molecular formula is C24H26N4O3. The van der Waals surface area contributed by atoms with E-state index in [0.29, 0.717) is 37.6 Å². The third kappa shape index (κ3) is 4.67. The number of likely N-dealkylation sites (N-methyl/N-ethyl adjacent to an activating group) is 1. The van der Waals surface area contributed by atoms with Crippen LogP contribution in [0.5, 0.6) is 0 Å². The van der Waals surface area contributed by atoms with E-state index in [0.717, 1.165) is 16.8 Å². The smallest absolute Gasteiger partial charge is 0.257 e. The van der Waals surface area contributed by atoms with Crippen molar-refractivity contribution in [2.75, 3.05) is 39.9 Å². The maximum atomic E-state index is 13.3. The predicted molar refractivity (Wildman–Crippen MR) is 118 cm³/mol. The number of benzene rings is 2. The summed E-state index contributed by atoms with van der Waals surface area (Å²) in [6, 6.07) is 17.6. The molecule has 0 aliphatic carbocycles. The molecule has 0 atom stereocenters. The van der Waals surface area contributed by atoms with Crippen LogP contribution >= 0.6 is 0 Å². The lowest BCUT2D eigenvalue weighted by Crippen LogP contribution is -2.46. The normalized spacial score (nSPS) is 13.8. The molecule has 160 valence electrons. The van der Waals surface area contributed by atoms with Gasteiger partial charge in [0, 0.05) is 31.9 Å². The first-order chi connectivity index (χ1) is 15.0. The predicted octanol–water partition coefficient (Wildman–Crippen LogP) is 2.78. The molecule has 2 heterocycles. The fourth-order valence-electron chi connectivity index (χ4n) is 3.56. The maximum absolute atomic E-state index is 13.3. The average molecular weight is 418 g/mol. The second-order valence-corrected chi connectivity index (χ2v) is 7.69. The average Bonchev–Trinajstić information content (AvgIpc) is 3.25. The number of hydrogen-bond donors (Lipinski definition) is 0. The van der Waals surface area contributed by atoms with E-state index in [1.165, 1.54) is 4.90 Å². The number of carbonyl (C=O) groups is 2. The Morgan fingerprint density at radius 3 is 2.39 bits per heavy atom. The molecule has 31 heavy (non-hydrogen) atoms. The first-order valence-electron chi connectivity index (χ1n) is 10.4. The number of aryl methyl sites for hydroxylation is 1. The number of carbonyl (C=O) groups excluding carboxylic acids is 2. The minimum absolute atomic E-state index is 0.0166. The highest BCUT2D eigenvalue weighted by molar-refractivity contribution is 6.01. The van der Waals surface area contributed by atoms with Gasteiger partial charge < -0.3 is 14.5 Å². The molecule has 7 heteroatoms. The van der Waals surface area contributed by atoms with E-state index in [4.69, 9.17) is 9.84 Å². The van der Waals surface area contributed by atoms with Gasteiger partial charge in [0.15, 0.2) is 0 Å². The third-order valence-electron chi connectivity index (χ3n) is 5.37. The van der Waals surface area contributed by atoms with Crippen molar-refractivity contribution < 1.29 is 14.3 Å². The van der Waals surface area contributed by atoms with Crippen LogP contribution in [0.15, 0.2) is 60.8 Å². The summed E-state index contributed by atoms with van der Waals surface area (Å²) in [5, 5.41) is 4.71. The van der Waals surface area contributed by atoms with Crippen molar-refractivity contribution in [3.05, 3.63) is 71.9 Å². The number of aromatic nitrogens is 2. The summed E-state index contributed by atoms with van der Waals surface area (Å²) in [6.45, 7) is 4.21. The molecule has 3 aromatic rings. The molecule has 0 N–H and O–H groups in total. The molecule has 0 saturated carbocycles. The van der Waals surface area contributed by atoms with Crippen molar-refractivity contribution in [1.29, 1.82) is 0 Å². The lowest BCUT2D eigenvalue weighted by atomic mass is 10.1. The Morgan fingerprint density at radius 2 is 1.71 bits per heavy atom. The van der Waals surface area contributed by atoms with Crippen LogP contribution in [0.25, 0.3) is 16.9 Å². The molecule has 0 spiro atoms. The highest BCUT2D eigenvalue weighted by atomic mass is 16.5. The molecule has 1 aromatic heterocycles. The Balaban J connectivity index is 1.63. The molecule has 1 aliphatic heterocycles. The number of para-hydroxylation sites is 1. The standard InChI is InChI=1S/C24H26N4O3/c1-18-8-10-19(11-9-18)23-21(16-28(25-23)20-6-4-3-5-7-20)24(30)26(2)17-22(29)27-12-14-31-15-13-27/h3-11,16H,12-15,17H2,1-2H3. The van der Waals surface area contributed by atoms with Crippen molar-refractivity contribution in [3.63, 3.8) is 0 Å². The number of morpholine rings is 1. The molecule has 0 radical (unpaired) electrons. The molecule has 4 rings (SSSR count). The van der Waals surface area contributed by atoms with Crippen LogP contribution in [0.1, 0.15) is 15.9 Å². The SMILES string of the molecule is Cc1ccc(-c2nn(-c3ccccc3)cc2C(=O)N(C)CC(=O)N2CCOCC2)cc1. The molecule has 1 aliphatic rings. The summed E-state index contributed by atoms with van der Waals surface area (Å²) >= 11 is 0. The summed E-state index contributed by atoms with van der Waals surface area (Å²) in [5.74, 6) is -0.314. The van der Waals surface area contributed by atoms with E-state index < -0.39 is 0 Å². The minimum Gasteiger partial charge on any atom is -0.378 e. The Hall–Kier alpha value is -3.45. The fourth-order valence-corrected chi connectivity index (χ4v) is 3.56. The highest BCUT2D eigenvalue weighted by Crippen LogP contribution is 2.25. The first kappa shape index (κ1) is 20.8. The number of ether oxygens (including phenoxy) is 1. The fraction of sp³-hybridized carbons (Fsp3) is 0.292. The molecule has 7 nitrogen and oxygen atoms in total. The molecular weight excluding hydrogens is 392 g/mol. The van der Waals surface area contributed by atoms with Crippen molar-refractivity contribution in [3.8, 4) is 16.9 Å². The van der Waals surface area contributed by atoms with Crippen LogP contribution in [0.4, 0.5) is 0 Å². The quantitative estimate of drug-likeness (QED) is 0.639. The van der Waals surface area contributed by atoms with Crippen LogP contribution in [-0.2, 0) is 9.53 Å². The topological polar surface area (TPSA) is 67.7 Å². The van der Waals surface area contributed by atoms with Gasteiger partial charge in [-0.15, -0.1) is 0 Å². The van der Waals surface area contributed by atoms with Gasteiger partial charge in [0.25, 0.3) is 5.91 Å². The van der Waals surface area contributed by atoms with Gasteiger partial charge in [-0.2, -0.15) is 5.10 Å². The van der Waals surface area contributed by atoms with Crippen LogP contribution in [0, 0.1) is 6.92 Å². The second kappa shape index (κ2) is 9.14. The van der Waals surface area contributed by atoms with Crippen molar-refractivity contribution in [2.24, 2.45) is 0 Å². The Bertz CT molecular complexity index is 1050. The Morgan fingerprint density at radius 1 is 1.03 bits per heavy atom. The largest absolute Gasteiger partial charge is 0.378 e. The Kier molecular flexibility index (Phi) is 6.13. The zero-order valence-electron chi connectivity index (χ0n) is 17.8. The molecule has 1 saturated heterocycles. The summed E-state index contributed by atoms with van der Waals surface area (Å²) in [7, 11) is 1.65. The Labute approximate surface area is 181 Å². The van der Waals surface area contributed by atoms with E-state index in [1.54, 1.807) is 22.8 Å². The third-order valence-corrected chi connectivity index (χ3v) is 5.37. The number of amides is 2. The van der Waals surface area contributed by atoms with E-state index >= 15 is 0 Å². The van der Waals surface area contributed by atoms with Gasteiger partial charge in [0.1, 0.15) is 5.69 Å². The minimum atomic E-state index is -0.237. The van der Waals surface area contributed by atoms with E-state index in [2.05, 4.69) is 0 Å². The number of rotatable bonds is 5. The van der Waals surface area contributed by atoms with Crippen LogP contribution in [-0.4, -0.2) is 71.3 Å². The number of nitrogens with zero attached hydrogens (tertiary/aromatic N) is 4. The van der Waals surface area contributed by atoms with Gasteiger partial charge in [0.05, 0.1) is 31.0 Å². The maximum Gasteiger partial charge on any atom is 0.257 e. The zero-order chi connectivity index (χ0) is 21.8. The molecule has 0 unspecified atom stereocenters. The summed E-state index contributed by atoms with van der Waals surface area (Å²) in [4.78, 5) is 29.2. The van der Waals surface area contributed by atoms with Gasteiger partial charge in [-0.05, 0) is 19.1 Å². The summed E-state index contributed by atoms with van der Waals surface area (Å²) in [5.41, 5.74) is 3.91. The number of hydrogen-bond acceptors (Lipinski definition) is 4. The van der Waals surface area contributed by atoms with Gasteiger partial charge in [-0.25, -0.2) is 4.68 Å². The second-order valence-electron chi connectivity index (χ2n) is 7.69. The summed E-state index contributed by atoms with van der Waals surface area (Å²) in [6.07, 6.45) is 1.74. The van der Waals surface area contributed by atoms with Crippen LogP contribution in [0.2, 0.25) is 0 Å². The lowest BCUT2D eigenvalue weighted by molar-refractivity contribution is -0.135. The van der Waals surface area contributed by atoms with E-state index in [-0.39, 0.29) is 18.4 Å². The van der Waals surface area contributed by atoms with Crippen molar-refractivity contribution in [1.82, 2.24) is 19.6 Å². The van der Waals surface area contributed by atoms with E-state index in [9.17, 15) is 9.59 Å². The van der Waals surface area contributed by atoms with Gasteiger partial charge in [-0.1, -0.05) is 48.0 Å². The van der Waals surface area contributed by atoms with Crippen molar-refractivity contribution >= 4 is 11.8 Å². The lowest BCUT2D eigenvalue weighted by Gasteiger charge is -2.28. The zero-order valence-corrected chi connectivity index (χ0v) is 17.8. The first-order valence-corrected chi connectivity index (χ1v) is 10.4. The van der Waals surface area contributed by atoms with Gasteiger partial charge >= 0.3 is 0 Å². The monoisotopic (exact) mass is 418 g/mol. The highest BCUT2D eigenvalue weighted by Gasteiger charge is 2.25. The molecule has 0 bridgehead atoms. The van der Waals surface area contributed by atoms with Gasteiger partial charge in [0.2, 0.25) is 5.91 Å². The van der Waals surface area contributed by atoms with Crippen molar-refractivity contribution in [2.45, 2.75) is 6.92 Å². The summed E-state index contributed by atoms with van der Waals surface area (Å²) < 4.78 is 7.01. The van der Waals surface area contributed by atoms with Gasteiger partial charge in [-0.3, -0.25) is 9.59 Å². The van der Waals surface area contributed by atoms with E-state index in [1.807, 2.05) is 61.5 Å². The molecule has 1 fully saturated rings. The van der Waals surface area contributed by atoms with Crippen LogP contribution in [0.3, 0.4) is 0 Å².